The van der Waals surface area contributed by atoms with Crippen LogP contribution in [0, 0.1) is 5.82 Å². The lowest BCUT2D eigenvalue weighted by Crippen LogP contribution is -2.28. The van der Waals surface area contributed by atoms with Crippen LogP contribution >= 0.6 is 0 Å². The minimum atomic E-state index is -0.880. The van der Waals surface area contributed by atoms with E-state index >= 15 is 0 Å². The fraction of sp³-hybridized carbons (Fsp3) is 0.375. The van der Waals surface area contributed by atoms with Gasteiger partial charge in [0.1, 0.15) is 5.82 Å². The van der Waals surface area contributed by atoms with Gasteiger partial charge in [0.2, 0.25) is 17.6 Å². The Hall–Kier alpha value is -2.77. The van der Waals surface area contributed by atoms with Crippen molar-refractivity contribution in [2.45, 2.75) is 25.7 Å². The summed E-state index contributed by atoms with van der Waals surface area (Å²) >= 11 is 0. The van der Waals surface area contributed by atoms with Crippen LogP contribution in [0.4, 0.5) is 4.39 Å². The Morgan fingerprint density at radius 3 is 2.62 bits per heavy atom. The van der Waals surface area contributed by atoms with E-state index in [0.717, 1.165) is 0 Å². The number of carboxylic acids is 1. The Morgan fingerprint density at radius 2 is 1.96 bits per heavy atom. The van der Waals surface area contributed by atoms with Crippen LogP contribution in [0.1, 0.15) is 25.2 Å². The van der Waals surface area contributed by atoms with E-state index in [0.29, 0.717) is 30.2 Å². The molecular weight excluding hydrogens is 317 g/mol. The van der Waals surface area contributed by atoms with Gasteiger partial charge in [-0.2, -0.15) is 4.98 Å². The van der Waals surface area contributed by atoms with Crippen LogP contribution < -0.4 is 0 Å². The SMILES string of the molecule is CN(CCCC(=O)O)C(=O)CCc1nc(-c2ccc(F)cc2)no1. The first-order valence-corrected chi connectivity index (χ1v) is 7.50. The zero-order chi connectivity index (χ0) is 17.5. The highest BCUT2D eigenvalue weighted by atomic mass is 19.1. The molecule has 0 radical (unpaired) electrons. The molecule has 0 aliphatic heterocycles. The number of carbonyl (C=O) groups excluding carboxylic acids is 1. The summed E-state index contributed by atoms with van der Waals surface area (Å²) in [6.07, 6.45) is 0.917. The number of nitrogens with zero attached hydrogens (tertiary/aromatic N) is 3. The first-order valence-electron chi connectivity index (χ1n) is 7.50. The van der Waals surface area contributed by atoms with E-state index in [4.69, 9.17) is 9.63 Å². The number of halogens is 1. The smallest absolute Gasteiger partial charge is 0.303 e. The number of rotatable bonds is 8. The standard InChI is InChI=1S/C16H18FN3O4/c1-20(10-2-3-15(22)23)14(21)9-8-13-18-16(19-24-13)11-4-6-12(17)7-5-11/h4-7H,2-3,8-10H2,1H3,(H,22,23). The average Bonchev–Trinajstić information content (AvgIpc) is 3.01. The third-order valence-electron chi connectivity index (χ3n) is 3.43. The van der Waals surface area contributed by atoms with Crippen molar-refractivity contribution in [1.82, 2.24) is 15.0 Å². The third-order valence-corrected chi connectivity index (χ3v) is 3.43. The van der Waals surface area contributed by atoms with Crippen LogP contribution in [-0.2, 0) is 16.0 Å². The molecule has 24 heavy (non-hydrogen) atoms. The van der Waals surface area contributed by atoms with E-state index in [1.165, 1.54) is 17.0 Å². The number of hydrogen-bond acceptors (Lipinski definition) is 5. The molecular formula is C16H18FN3O4. The number of carbonyl (C=O) groups is 2. The zero-order valence-corrected chi connectivity index (χ0v) is 13.2. The number of aliphatic carboxylic acids is 1. The number of carboxylic acid groups (broad SMARTS) is 1. The molecule has 0 aliphatic carbocycles. The van der Waals surface area contributed by atoms with E-state index < -0.39 is 5.97 Å². The Bertz CT molecular complexity index is 700. The summed E-state index contributed by atoms with van der Waals surface area (Å²) in [6.45, 7) is 0.385. The van der Waals surface area contributed by atoms with Gasteiger partial charge in [-0.15, -0.1) is 0 Å². The van der Waals surface area contributed by atoms with Crippen molar-refractivity contribution >= 4 is 11.9 Å². The fourth-order valence-corrected chi connectivity index (χ4v) is 2.07. The second kappa shape index (κ2) is 8.19. The molecule has 0 aliphatic rings. The lowest BCUT2D eigenvalue weighted by Gasteiger charge is -2.15. The summed E-state index contributed by atoms with van der Waals surface area (Å²) in [5.41, 5.74) is 0.628. The Kier molecular flexibility index (Phi) is 6.00. The van der Waals surface area contributed by atoms with Crippen LogP contribution in [-0.4, -0.2) is 45.6 Å². The summed E-state index contributed by atoms with van der Waals surface area (Å²) in [5.74, 6) is -0.690. The average molecular weight is 335 g/mol. The van der Waals surface area contributed by atoms with Gasteiger partial charge in [-0.3, -0.25) is 9.59 Å². The molecule has 128 valence electrons. The molecule has 0 atom stereocenters. The topological polar surface area (TPSA) is 96.5 Å². The first kappa shape index (κ1) is 17.6. The van der Waals surface area contributed by atoms with E-state index in [2.05, 4.69) is 10.1 Å². The van der Waals surface area contributed by atoms with Gasteiger partial charge in [0.15, 0.2) is 0 Å². The molecule has 8 heteroatoms. The first-order chi connectivity index (χ1) is 11.5. The largest absolute Gasteiger partial charge is 0.481 e. The molecule has 7 nitrogen and oxygen atoms in total. The molecule has 0 fully saturated rings. The minimum absolute atomic E-state index is 0.0301. The van der Waals surface area contributed by atoms with Crippen LogP contribution in [0.3, 0.4) is 0 Å². The number of aryl methyl sites for hydroxylation is 1. The van der Waals surface area contributed by atoms with Crippen LogP contribution in [0.25, 0.3) is 11.4 Å². The molecule has 2 rings (SSSR count). The van der Waals surface area contributed by atoms with E-state index in [9.17, 15) is 14.0 Å². The molecule has 1 amide bonds. The van der Waals surface area contributed by atoms with Gasteiger partial charge in [-0.1, -0.05) is 5.16 Å². The molecule has 0 saturated heterocycles. The number of amides is 1. The lowest BCUT2D eigenvalue weighted by atomic mass is 10.2. The van der Waals surface area contributed by atoms with Gasteiger partial charge in [0, 0.05) is 38.4 Å². The predicted molar refractivity (Wildman–Crippen MR) is 82.5 cm³/mol. The van der Waals surface area contributed by atoms with Gasteiger partial charge in [0.05, 0.1) is 0 Å². The molecule has 0 bridgehead atoms. The van der Waals surface area contributed by atoms with Crippen molar-refractivity contribution in [3.8, 4) is 11.4 Å². The zero-order valence-electron chi connectivity index (χ0n) is 13.2. The Labute approximate surface area is 138 Å². The summed E-state index contributed by atoms with van der Waals surface area (Å²) in [5, 5.41) is 12.4. The van der Waals surface area contributed by atoms with Crippen molar-refractivity contribution < 1.29 is 23.6 Å². The van der Waals surface area contributed by atoms with Gasteiger partial charge in [-0.25, -0.2) is 4.39 Å². The molecule has 0 spiro atoms. The maximum atomic E-state index is 12.9. The van der Waals surface area contributed by atoms with Gasteiger partial charge in [-0.05, 0) is 30.7 Å². The fourth-order valence-electron chi connectivity index (χ4n) is 2.07. The predicted octanol–water partition coefficient (Wildman–Crippen LogP) is 2.13. The molecule has 1 aromatic heterocycles. The maximum Gasteiger partial charge on any atom is 0.303 e. The highest BCUT2D eigenvalue weighted by Crippen LogP contribution is 2.16. The highest BCUT2D eigenvalue weighted by Gasteiger charge is 2.13. The molecule has 2 aromatic rings. The molecule has 0 unspecified atom stereocenters. The van der Waals surface area contributed by atoms with Crippen molar-refractivity contribution in [2.75, 3.05) is 13.6 Å². The minimum Gasteiger partial charge on any atom is -0.481 e. The van der Waals surface area contributed by atoms with Crippen LogP contribution in [0.2, 0.25) is 0 Å². The Morgan fingerprint density at radius 1 is 1.25 bits per heavy atom. The van der Waals surface area contributed by atoms with E-state index in [1.807, 2.05) is 0 Å². The molecule has 1 heterocycles. The van der Waals surface area contributed by atoms with Crippen molar-refractivity contribution in [3.05, 3.63) is 36.0 Å². The number of hydrogen-bond donors (Lipinski definition) is 1. The molecule has 0 saturated carbocycles. The second-order valence-corrected chi connectivity index (χ2v) is 5.33. The van der Waals surface area contributed by atoms with Crippen LogP contribution in [0.15, 0.2) is 28.8 Å². The summed E-state index contributed by atoms with van der Waals surface area (Å²) in [4.78, 5) is 28.1. The van der Waals surface area contributed by atoms with E-state index in [-0.39, 0.29) is 31.0 Å². The normalized spacial score (nSPS) is 10.6. The Balaban J connectivity index is 1.83. The van der Waals surface area contributed by atoms with Crippen LogP contribution in [0.5, 0.6) is 0 Å². The number of benzene rings is 1. The maximum absolute atomic E-state index is 12.9. The highest BCUT2D eigenvalue weighted by molar-refractivity contribution is 5.76. The second-order valence-electron chi connectivity index (χ2n) is 5.33. The number of aromatic nitrogens is 2. The van der Waals surface area contributed by atoms with E-state index in [1.54, 1.807) is 19.2 Å². The summed E-state index contributed by atoms with van der Waals surface area (Å²) in [6, 6.07) is 5.71. The van der Waals surface area contributed by atoms with Crippen molar-refractivity contribution in [3.63, 3.8) is 0 Å². The third kappa shape index (κ3) is 5.15. The monoisotopic (exact) mass is 335 g/mol. The molecule has 1 N–H and O–H groups in total. The molecule has 1 aromatic carbocycles. The van der Waals surface area contributed by atoms with Crippen molar-refractivity contribution in [2.24, 2.45) is 0 Å². The summed E-state index contributed by atoms with van der Waals surface area (Å²) < 4.78 is 18.0. The summed E-state index contributed by atoms with van der Waals surface area (Å²) in [7, 11) is 1.63. The quantitative estimate of drug-likeness (QED) is 0.794. The van der Waals surface area contributed by atoms with Crippen molar-refractivity contribution in [1.29, 1.82) is 0 Å². The van der Waals surface area contributed by atoms with Gasteiger partial charge in [0.25, 0.3) is 0 Å². The van der Waals surface area contributed by atoms with Gasteiger partial charge < -0.3 is 14.5 Å². The van der Waals surface area contributed by atoms with Gasteiger partial charge >= 0.3 is 5.97 Å². The lowest BCUT2D eigenvalue weighted by molar-refractivity contribution is -0.138.